The first kappa shape index (κ1) is 16.2. The first-order valence-electron chi connectivity index (χ1n) is 6.93. The molecule has 8 nitrogen and oxygen atoms in total. The maximum absolute atomic E-state index is 12.6. The van der Waals surface area contributed by atoms with Crippen molar-refractivity contribution >= 4 is 32.5 Å². The Labute approximate surface area is 143 Å². The fraction of sp³-hybridized carbons (Fsp3) is 0.200. The van der Waals surface area contributed by atoms with E-state index in [-0.39, 0.29) is 5.69 Å². The van der Waals surface area contributed by atoms with E-state index in [0.29, 0.717) is 26.6 Å². The molecule has 0 saturated heterocycles. The van der Waals surface area contributed by atoms with Crippen molar-refractivity contribution in [2.24, 2.45) is 21.1 Å². The molecule has 2 heterocycles. The first-order chi connectivity index (χ1) is 11.2. The highest BCUT2D eigenvalue weighted by atomic mass is 79.9. The summed E-state index contributed by atoms with van der Waals surface area (Å²) in [5, 5.41) is 11.4. The smallest absolute Gasteiger partial charge is 0.330 e. The minimum absolute atomic E-state index is 0.0795. The van der Waals surface area contributed by atoms with Gasteiger partial charge in [-0.05, 0) is 6.07 Å². The lowest BCUT2D eigenvalue weighted by atomic mass is 10.1. The molecular formula is C15H13BrN4O4. The van der Waals surface area contributed by atoms with E-state index in [1.807, 2.05) is 0 Å². The van der Waals surface area contributed by atoms with Crippen LogP contribution in [0.5, 0.6) is 0 Å². The van der Waals surface area contributed by atoms with Crippen LogP contribution in [0.3, 0.4) is 0 Å². The van der Waals surface area contributed by atoms with E-state index in [4.69, 9.17) is 0 Å². The molecule has 24 heavy (non-hydrogen) atoms. The lowest BCUT2D eigenvalue weighted by Crippen LogP contribution is -2.36. The van der Waals surface area contributed by atoms with E-state index in [9.17, 15) is 19.7 Å². The Bertz CT molecular complexity index is 1120. The fourth-order valence-corrected chi connectivity index (χ4v) is 3.23. The van der Waals surface area contributed by atoms with Gasteiger partial charge < -0.3 is 4.57 Å². The van der Waals surface area contributed by atoms with Gasteiger partial charge in [0.15, 0.2) is 0 Å². The van der Waals surface area contributed by atoms with Crippen LogP contribution in [0.1, 0.15) is 0 Å². The molecule has 0 bridgehead atoms. The number of non-ortho nitro benzene ring substituents is 1. The van der Waals surface area contributed by atoms with Crippen molar-refractivity contribution in [3.63, 3.8) is 0 Å². The zero-order valence-electron chi connectivity index (χ0n) is 13.1. The standard InChI is InChI=1S/C15H13BrN4O4/c1-17-7-11-12(14(21)19(3)15(22)18(11)2)13(17)9-6-8(20(23)24)4-5-10(9)16/h4-7H,1-3H3. The van der Waals surface area contributed by atoms with Gasteiger partial charge in [0.1, 0.15) is 0 Å². The maximum Gasteiger partial charge on any atom is 0.330 e. The highest BCUT2D eigenvalue weighted by molar-refractivity contribution is 9.10. The van der Waals surface area contributed by atoms with Gasteiger partial charge in [-0.25, -0.2) is 4.79 Å². The number of aryl methyl sites for hydroxylation is 2. The first-order valence-corrected chi connectivity index (χ1v) is 7.72. The number of halogens is 1. The molecule has 0 aliphatic rings. The summed E-state index contributed by atoms with van der Waals surface area (Å²) in [5.41, 5.74) is 0.544. The summed E-state index contributed by atoms with van der Waals surface area (Å²) >= 11 is 3.38. The number of hydrogen-bond donors (Lipinski definition) is 0. The maximum atomic E-state index is 12.6. The number of aromatic nitrogens is 3. The topological polar surface area (TPSA) is 92.1 Å². The predicted octanol–water partition coefficient (Wildman–Crippen LogP) is 1.91. The molecule has 0 spiro atoms. The highest BCUT2D eigenvalue weighted by Gasteiger charge is 2.21. The second-order valence-electron chi connectivity index (χ2n) is 5.48. The zero-order valence-corrected chi connectivity index (χ0v) is 14.7. The average molecular weight is 393 g/mol. The lowest BCUT2D eigenvalue weighted by molar-refractivity contribution is -0.384. The van der Waals surface area contributed by atoms with Gasteiger partial charge in [0.05, 0.1) is 21.5 Å². The van der Waals surface area contributed by atoms with E-state index < -0.39 is 16.2 Å². The molecule has 0 aliphatic heterocycles. The summed E-state index contributed by atoms with van der Waals surface area (Å²) in [4.78, 5) is 35.3. The van der Waals surface area contributed by atoms with Crippen LogP contribution in [-0.4, -0.2) is 18.6 Å². The van der Waals surface area contributed by atoms with Crippen LogP contribution in [0.15, 0.2) is 38.5 Å². The number of rotatable bonds is 2. The van der Waals surface area contributed by atoms with Crippen LogP contribution in [0.4, 0.5) is 5.69 Å². The van der Waals surface area contributed by atoms with E-state index >= 15 is 0 Å². The Hall–Kier alpha value is -2.68. The van der Waals surface area contributed by atoms with Gasteiger partial charge in [0.25, 0.3) is 11.2 Å². The molecule has 3 rings (SSSR count). The Kier molecular flexibility index (Phi) is 3.67. The van der Waals surface area contributed by atoms with Crippen LogP contribution < -0.4 is 11.2 Å². The quantitative estimate of drug-likeness (QED) is 0.491. The summed E-state index contributed by atoms with van der Waals surface area (Å²) in [6, 6.07) is 4.36. The molecule has 0 N–H and O–H groups in total. The molecule has 0 atom stereocenters. The summed E-state index contributed by atoms with van der Waals surface area (Å²) in [6.45, 7) is 0. The van der Waals surface area contributed by atoms with Crippen molar-refractivity contribution in [1.29, 1.82) is 0 Å². The molecule has 124 valence electrons. The number of benzene rings is 1. The van der Waals surface area contributed by atoms with Crippen molar-refractivity contribution in [2.45, 2.75) is 0 Å². The fourth-order valence-electron chi connectivity index (χ4n) is 2.79. The summed E-state index contributed by atoms with van der Waals surface area (Å²) in [5.74, 6) is 0. The number of nitro benzene ring substituents is 1. The molecule has 1 aromatic carbocycles. The van der Waals surface area contributed by atoms with Crippen molar-refractivity contribution < 1.29 is 4.92 Å². The highest BCUT2D eigenvalue weighted by Crippen LogP contribution is 2.35. The van der Waals surface area contributed by atoms with Crippen LogP contribution >= 0.6 is 15.9 Å². The number of fused-ring (bicyclic) bond motifs is 1. The minimum atomic E-state index is -0.491. The molecule has 0 unspecified atom stereocenters. The molecule has 9 heteroatoms. The van der Waals surface area contributed by atoms with E-state index in [1.165, 1.54) is 23.7 Å². The minimum Gasteiger partial charge on any atom is -0.348 e. The van der Waals surface area contributed by atoms with Crippen molar-refractivity contribution in [2.75, 3.05) is 0 Å². The number of hydrogen-bond acceptors (Lipinski definition) is 4. The Morgan fingerprint density at radius 2 is 1.79 bits per heavy atom. The van der Waals surface area contributed by atoms with Gasteiger partial charge in [-0.3, -0.25) is 24.0 Å². The van der Waals surface area contributed by atoms with E-state index in [1.54, 1.807) is 30.9 Å². The molecule has 3 aromatic rings. The van der Waals surface area contributed by atoms with Crippen molar-refractivity contribution in [1.82, 2.24) is 13.7 Å². The molecule has 2 aromatic heterocycles. The SMILES string of the molecule is Cn1cc2c(c1-c1cc([N+](=O)[O-])ccc1Br)c(=O)n(C)c(=O)n2C. The zero-order chi connectivity index (χ0) is 17.8. The summed E-state index contributed by atoms with van der Waals surface area (Å²) in [7, 11) is 4.71. The van der Waals surface area contributed by atoms with Gasteiger partial charge in [-0.2, -0.15) is 0 Å². The van der Waals surface area contributed by atoms with Gasteiger partial charge >= 0.3 is 5.69 Å². The largest absolute Gasteiger partial charge is 0.348 e. The second kappa shape index (κ2) is 5.45. The number of nitrogens with zero attached hydrogens (tertiary/aromatic N) is 4. The van der Waals surface area contributed by atoms with Gasteiger partial charge in [-0.15, -0.1) is 0 Å². The van der Waals surface area contributed by atoms with Crippen molar-refractivity contribution in [3.05, 3.63) is 59.8 Å². The molecule has 0 amide bonds. The predicted molar refractivity (Wildman–Crippen MR) is 93.2 cm³/mol. The summed E-state index contributed by atoms with van der Waals surface area (Å²) < 4.78 is 4.71. The van der Waals surface area contributed by atoms with Crippen molar-refractivity contribution in [3.8, 4) is 11.3 Å². The lowest BCUT2D eigenvalue weighted by Gasteiger charge is -2.08. The molecule has 0 saturated carbocycles. The van der Waals surface area contributed by atoms with Crippen LogP contribution in [0.2, 0.25) is 0 Å². The number of nitro groups is 1. The Balaban J connectivity index is 2.51. The normalized spacial score (nSPS) is 11.2. The third-order valence-electron chi connectivity index (χ3n) is 4.03. The molecular weight excluding hydrogens is 380 g/mol. The molecule has 0 aliphatic carbocycles. The van der Waals surface area contributed by atoms with Crippen LogP contribution in [0, 0.1) is 10.1 Å². The van der Waals surface area contributed by atoms with E-state index in [0.717, 1.165) is 4.57 Å². The molecule has 0 radical (unpaired) electrons. The monoisotopic (exact) mass is 392 g/mol. The third kappa shape index (κ3) is 2.20. The van der Waals surface area contributed by atoms with Gasteiger partial charge in [0, 0.05) is 49.5 Å². The van der Waals surface area contributed by atoms with Gasteiger partial charge in [0.2, 0.25) is 0 Å². The Morgan fingerprint density at radius 1 is 1.12 bits per heavy atom. The van der Waals surface area contributed by atoms with Gasteiger partial charge in [-0.1, -0.05) is 15.9 Å². The van der Waals surface area contributed by atoms with Crippen LogP contribution in [0.25, 0.3) is 22.2 Å². The average Bonchev–Trinajstić information content (AvgIpc) is 2.88. The summed E-state index contributed by atoms with van der Waals surface area (Å²) in [6.07, 6.45) is 1.67. The second-order valence-corrected chi connectivity index (χ2v) is 6.33. The third-order valence-corrected chi connectivity index (χ3v) is 4.72. The molecule has 0 fully saturated rings. The van der Waals surface area contributed by atoms with E-state index in [2.05, 4.69) is 15.9 Å². The van der Waals surface area contributed by atoms with Crippen LogP contribution in [-0.2, 0) is 21.1 Å². The Morgan fingerprint density at radius 3 is 2.42 bits per heavy atom.